The maximum absolute atomic E-state index is 11.3. The van der Waals surface area contributed by atoms with E-state index >= 15 is 0 Å². The Balaban J connectivity index is 2.38. The Kier molecular flexibility index (Phi) is 5.10. The number of hydrogen-bond donors (Lipinski definition) is 1. The zero-order valence-electron chi connectivity index (χ0n) is 12.6. The number of aromatic nitrogens is 2. The van der Waals surface area contributed by atoms with Crippen molar-refractivity contribution in [2.75, 3.05) is 13.7 Å². The molecule has 1 fully saturated rings. The lowest BCUT2D eigenvalue weighted by molar-refractivity contribution is -0.0788. The van der Waals surface area contributed by atoms with Gasteiger partial charge in [-0.1, -0.05) is 38.3 Å². The van der Waals surface area contributed by atoms with E-state index in [2.05, 4.69) is 18.9 Å². The summed E-state index contributed by atoms with van der Waals surface area (Å²) in [6, 6.07) is 0. The Labute approximate surface area is 126 Å². The van der Waals surface area contributed by atoms with Gasteiger partial charge in [0.2, 0.25) is 0 Å². The lowest BCUT2D eigenvalue weighted by Gasteiger charge is -2.42. The summed E-state index contributed by atoms with van der Waals surface area (Å²) in [6.45, 7) is 5.52. The summed E-state index contributed by atoms with van der Waals surface area (Å²) >= 11 is 6.33. The third-order valence-electron chi connectivity index (χ3n) is 4.45. The van der Waals surface area contributed by atoms with Gasteiger partial charge >= 0.3 is 0 Å². The zero-order chi connectivity index (χ0) is 14.8. The molecule has 2 unspecified atom stereocenters. The maximum Gasteiger partial charge on any atom is 0.111 e. The van der Waals surface area contributed by atoms with E-state index in [0.29, 0.717) is 24.1 Å². The Hall–Kier alpha value is -0.580. The van der Waals surface area contributed by atoms with Gasteiger partial charge in [0.05, 0.1) is 30.1 Å². The van der Waals surface area contributed by atoms with Crippen molar-refractivity contribution >= 4 is 11.6 Å². The molecule has 0 bridgehead atoms. The molecule has 1 aliphatic carbocycles. The first-order valence-electron chi connectivity index (χ1n) is 7.43. The second-order valence-electron chi connectivity index (χ2n) is 6.08. The fraction of sp³-hybridized carbons (Fsp3) is 0.800. The minimum absolute atomic E-state index is 0.228. The van der Waals surface area contributed by atoms with Crippen molar-refractivity contribution in [1.82, 2.24) is 9.78 Å². The number of methoxy groups -OCH3 is 1. The summed E-state index contributed by atoms with van der Waals surface area (Å²) in [7, 11) is 1.66. The van der Waals surface area contributed by atoms with Gasteiger partial charge in [-0.2, -0.15) is 5.10 Å². The highest BCUT2D eigenvalue weighted by Crippen LogP contribution is 2.47. The van der Waals surface area contributed by atoms with Crippen LogP contribution < -0.4 is 0 Å². The highest BCUT2D eigenvalue weighted by Gasteiger charge is 2.45. The van der Waals surface area contributed by atoms with Gasteiger partial charge in [0, 0.05) is 7.11 Å². The van der Waals surface area contributed by atoms with E-state index in [0.717, 1.165) is 25.0 Å². The van der Waals surface area contributed by atoms with Crippen molar-refractivity contribution < 1.29 is 9.84 Å². The van der Waals surface area contributed by atoms with Crippen LogP contribution >= 0.6 is 11.6 Å². The number of aliphatic hydroxyl groups is 1. The lowest BCUT2D eigenvalue weighted by atomic mass is 9.68. The van der Waals surface area contributed by atoms with Crippen LogP contribution in [0.15, 0.2) is 6.20 Å². The Morgan fingerprint density at radius 2 is 2.30 bits per heavy atom. The van der Waals surface area contributed by atoms with Crippen LogP contribution in [0.25, 0.3) is 0 Å². The fourth-order valence-electron chi connectivity index (χ4n) is 3.50. The van der Waals surface area contributed by atoms with Gasteiger partial charge in [-0.3, -0.25) is 4.68 Å². The second kappa shape index (κ2) is 6.46. The van der Waals surface area contributed by atoms with Crippen molar-refractivity contribution in [2.24, 2.45) is 11.8 Å². The molecule has 1 heterocycles. The van der Waals surface area contributed by atoms with E-state index in [1.54, 1.807) is 13.3 Å². The molecule has 1 saturated carbocycles. The normalized spacial score (nSPS) is 27.2. The van der Waals surface area contributed by atoms with Crippen molar-refractivity contribution in [3.8, 4) is 0 Å². The lowest BCUT2D eigenvalue weighted by Crippen LogP contribution is -2.42. The van der Waals surface area contributed by atoms with Crippen LogP contribution in [-0.2, 0) is 16.9 Å². The molecule has 0 radical (unpaired) electrons. The van der Waals surface area contributed by atoms with E-state index in [4.69, 9.17) is 16.3 Å². The van der Waals surface area contributed by atoms with Crippen LogP contribution in [0.2, 0.25) is 5.02 Å². The summed E-state index contributed by atoms with van der Waals surface area (Å²) in [6.07, 6.45) is 5.64. The fourth-order valence-corrected chi connectivity index (χ4v) is 3.81. The second-order valence-corrected chi connectivity index (χ2v) is 6.48. The van der Waals surface area contributed by atoms with E-state index < -0.39 is 5.60 Å². The van der Waals surface area contributed by atoms with E-state index in [1.165, 1.54) is 6.42 Å². The van der Waals surface area contributed by atoms with Crippen LogP contribution in [0.3, 0.4) is 0 Å². The van der Waals surface area contributed by atoms with Crippen LogP contribution in [0, 0.1) is 11.8 Å². The largest absolute Gasteiger partial charge is 0.383 e. The molecule has 1 aromatic heterocycles. The summed E-state index contributed by atoms with van der Waals surface area (Å²) < 4.78 is 6.93. The first-order valence-corrected chi connectivity index (χ1v) is 7.81. The molecule has 1 N–H and O–H groups in total. The third kappa shape index (κ3) is 2.87. The number of rotatable bonds is 5. The average Bonchev–Trinajstić information content (AvgIpc) is 2.78. The van der Waals surface area contributed by atoms with Gasteiger partial charge in [-0.25, -0.2) is 0 Å². The van der Waals surface area contributed by atoms with Crippen molar-refractivity contribution in [3.05, 3.63) is 16.9 Å². The molecule has 0 aliphatic heterocycles. The van der Waals surface area contributed by atoms with Gasteiger partial charge < -0.3 is 9.84 Å². The van der Waals surface area contributed by atoms with Crippen LogP contribution in [0.1, 0.15) is 45.2 Å². The zero-order valence-corrected chi connectivity index (χ0v) is 13.4. The van der Waals surface area contributed by atoms with E-state index in [9.17, 15) is 5.11 Å². The molecule has 2 rings (SSSR count). The van der Waals surface area contributed by atoms with Crippen LogP contribution in [0.5, 0.6) is 0 Å². The Bertz CT molecular complexity index is 447. The SMILES string of the molecule is COCCn1ncc(Cl)c1C1(O)CCCCC1C(C)C. The molecule has 1 aliphatic rings. The predicted octanol–water partition coefficient (Wildman–Crippen LogP) is 3.22. The highest BCUT2D eigenvalue weighted by molar-refractivity contribution is 6.31. The molecule has 1 aromatic rings. The Morgan fingerprint density at radius 1 is 1.55 bits per heavy atom. The first-order chi connectivity index (χ1) is 9.50. The molecule has 5 heteroatoms. The molecule has 4 nitrogen and oxygen atoms in total. The molecular formula is C15H25ClN2O2. The van der Waals surface area contributed by atoms with Gasteiger partial charge in [0.15, 0.2) is 0 Å². The molecule has 0 aromatic carbocycles. The molecule has 0 saturated heterocycles. The van der Waals surface area contributed by atoms with Crippen molar-refractivity contribution in [3.63, 3.8) is 0 Å². The quantitative estimate of drug-likeness (QED) is 0.908. The van der Waals surface area contributed by atoms with E-state index in [1.807, 2.05) is 4.68 Å². The average molecular weight is 301 g/mol. The molecule has 20 heavy (non-hydrogen) atoms. The Morgan fingerprint density at radius 3 is 2.95 bits per heavy atom. The van der Waals surface area contributed by atoms with Crippen LogP contribution in [0.4, 0.5) is 0 Å². The number of nitrogens with zero attached hydrogens (tertiary/aromatic N) is 2. The maximum atomic E-state index is 11.3. The highest BCUT2D eigenvalue weighted by atomic mass is 35.5. The van der Waals surface area contributed by atoms with E-state index in [-0.39, 0.29) is 5.92 Å². The van der Waals surface area contributed by atoms with Crippen molar-refractivity contribution in [1.29, 1.82) is 0 Å². The van der Waals surface area contributed by atoms with Gasteiger partial charge in [0.25, 0.3) is 0 Å². The molecule has 114 valence electrons. The molecule has 0 amide bonds. The smallest absolute Gasteiger partial charge is 0.111 e. The number of hydrogen-bond acceptors (Lipinski definition) is 3. The standard InChI is InChI=1S/C15H25ClN2O2/c1-11(2)12-6-4-5-7-15(12,19)14-13(16)10-17-18(14)8-9-20-3/h10-12,19H,4-9H2,1-3H3. The monoisotopic (exact) mass is 300 g/mol. The molecule has 0 spiro atoms. The molecule has 2 atom stereocenters. The first kappa shape index (κ1) is 15.8. The molecular weight excluding hydrogens is 276 g/mol. The summed E-state index contributed by atoms with van der Waals surface area (Å²) in [4.78, 5) is 0. The minimum atomic E-state index is -0.867. The summed E-state index contributed by atoms with van der Waals surface area (Å²) in [5, 5.41) is 16.2. The number of halogens is 1. The third-order valence-corrected chi connectivity index (χ3v) is 4.73. The topological polar surface area (TPSA) is 47.3 Å². The van der Waals surface area contributed by atoms with Gasteiger partial charge in [-0.15, -0.1) is 0 Å². The number of ether oxygens (including phenoxy) is 1. The van der Waals surface area contributed by atoms with Crippen molar-refractivity contribution in [2.45, 2.75) is 51.7 Å². The summed E-state index contributed by atoms with van der Waals surface area (Å²) in [5.41, 5.74) is -0.0945. The summed E-state index contributed by atoms with van der Waals surface area (Å²) in [5.74, 6) is 0.647. The predicted molar refractivity (Wildman–Crippen MR) is 79.8 cm³/mol. The van der Waals surface area contributed by atoms with Gasteiger partial charge in [0.1, 0.15) is 5.60 Å². The minimum Gasteiger partial charge on any atom is -0.383 e. The van der Waals surface area contributed by atoms with Gasteiger partial charge in [-0.05, 0) is 24.7 Å². The van der Waals surface area contributed by atoms with Crippen LogP contribution in [-0.4, -0.2) is 28.6 Å².